The highest BCUT2D eigenvalue weighted by atomic mass is 16.6. The maximum atomic E-state index is 14.6. The van der Waals surface area contributed by atoms with Gasteiger partial charge in [0.15, 0.2) is 0 Å². The molecule has 0 aromatic heterocycles. The Hall–Kier alpha value is -3.58. The quantitative estimate of drug-likeness (QED) is 0.189. The number of benzene rings is 1. The van der Waals surface area contributed by atoms with Crippen LogP contribution in [0.3, 0.4) is 0 Å². The van der Waals surface area contributed by atoms with E-state index in [4.69, 9.17) is 14.2 Å². The van der Waals surface area contributed by atoms with Crippen LogP contribution < -0.4 is 5.32 Å². The second-order valence-corrected chi connectivity index (χ2v) is 13.0. The highest BCUT2D eigenvalue weighted by molar-refractivity contribution is 5.98. The fourth-order valence-corrected chi connectivity index (χ4v) is 7.79. The van der Waals surface area contributed by atoms with Gasteiger partial charge in [-0.25, -0.2) is 0 Å². The number of hydrogen-bond donors (Lipinski definition) is 2. The monoisotopic (exact) mass is 666 g/mol. The van der Waals surface area contributed by atoms with Crippen molar-refractivity contribution in [3.05, 3.63) is 61.2 Å². The minimum atomic E-state index is -1.23. The Labute approximate surface area is 283 Å². The molecule has 12 heteroatoms. The predicted octanol–water partition coefficient (Wildman–Crippen LogP) is 1.85. The second kappa shape index (κ2) is 16.2. The molecule has 7 atom stereocenters. The molecule has 0 aliphatic carbocycles. The Morgan fingerprint density at radius 1 is 1.19 bits per heavy atom. The highest BCUT2D eigenvalue weighted by Crippen LogP contribution is 2.59. The van der Waals surface area contributed by atoms with E-state index < -0.39 is 47.7 Å². The molecule has 0 radical (unpaired) electrons. The first kappa shape index (κ1) is 35.7. The molecule has 2 bridgehead atoms. The van der Waals surface area contributed by atoms with Crippen LogP contribution in [0.25, 0.3) is 0 Å². The van der Waals surface area contributed by atoms with E-state index in [0.29, 0.717) is 57.6 Å². The minimum Gasteiger partial charge on any atom is -0.455 e. The molecule has 0 saturated carbocycles. The van der Waals surface area contributed by atoms with Crippen LogP contribution in [0.2, 0.25) is 0 Å². The third-order valence-electron chi connectivity index (χ3n) is 10.3. The minimum absolute atomic E-state index is 0.0586. The van der Waals surface area contributed by atoms with Crippen LogP contribution in [0, 0.1) is 11.8 Å². The average molecular weight is 667 g/mol. The van der Waals surface area contributed by atoms with E-state index in [-0.39, 0.29) is 43.8 Å². The Morgan fingerprint density at radius 2 is 1.94 bits per heavy atom. The lowest BCUT2D eigenvalue weighted by Gasteiger charge is -2.39. The lowest BCUT2D eigenvalue weighted by atomic mass is 9.70. The molecule has 4 fully saturated rings. The molecule has 4 aliphatic rings. The summed E-state index contributed by atoms with van der Waals surface area (Å²) in [5.41, 5.74) is -0.530. The molecule has 5 rings (SSSR count). The van der Waals surface area contributed by atoms with Crippen LogP contribution >= 0.6 is 0 Å². The van der Waals surface area contributed by atoms with Gasteiger partial charge in [-0.3, -0.25) is 24.1 Å². The Morgan fingerprint density at radius 3 is 2.60 bits per heavy atom. The van der Waals surface area contributed by atoms with Crippen molar-refractivity contribution in [1.29, 1.82) is 0 Å². The number of carbonyl (C=O) groups is 4. The van der Waals surface area contributed by atoms with Crippen LogP contribution in [-0.4, -0.2) is 126 Å². The number of nitrogens with zero attached hydrogens (tertiary/aromatic N) is 3. The van der Waals surface area contributed by atoms with Crippen LogP contribution in [0.15, 0.2) is 55.6 Å². The molecule has 0 unspecified atom stereocenters. The SMILES string of the molecule is C=CCCC(=O)NC[C@@H](OC(=O)[C@@H]1[C@H]2C(=O)N([C@@H](CC)CO)[C@H](C(=O)N(CC=C)CCN3CCOCC3)[C@]23CC[C@H]1O3)c1ccccc1. The second-order valence-electron chi connectivity index (χ2n) is 13.0. The summed E-state index contributed by atoms with van der Waals surface area (Å²) in [5, 5.41) is 13.3. The van der Waals surface area contributed by atoms with Gasteiger partial charge in [-0.05, 0) is 31.2 Å². The van der Waals surface area contributed by atoms with E-state index in [0.717, 1.165) is 13.1 Å². The molecule has 1 spiro atoms. The average Bonchev–Trinajstić information content (AvgIpc) is 3.76. The lowest BCUT2D eigenvalue weighted by Crippen LogP contribution is -2.59. The maximum absolute atomic E-state index is 14.6. The van der Waals surface area contributed by atoms with Crippen LogP contribution in [-0.2, 0) is 33.4 Å². The maximum Gasteiger partial charge on any atom is 0.313 e. The van der Waals surface area contributed by atoms with Crippen molar-refractivity contribution in [2.75, 3.05) is 59.1 Å². The summed E-state index contributed by atoms with van der Waals surface area (Å²) in [4.78, 5) is 61.1. The van der Waals surface area contributed by atoms with Gasteiger partial charge in [0, 0.05) is 39.1 Å². The number of amides is 3. The topological polar surface area (TPSA) is 138 Å². The number of ether oxygens (including phenoxy) is 3. The molecule has 4 saturated heterocycles. The molecule has 4 aliphatic heterocycles. The van der Waals surface area contributed by atoms with Crippen LogP contribution in [0.5, 0.6) is 0 Å². The largest absolute Gasteiger partial charge is 0.455 e. The fourth-order valence-electron chi connectivity index (χ4n) is 7.79. The van der Waals surface area contributed by atoms with Gasteiger partial charge < -0.3 is 34.4 Å². The zero-order valence-corrected chi connectivity index (χ0v) is 28.0. The molecule has 262 valence electrons. The summed E-state index contributed by atoms with van der Waals surface area (Å²) < 4.78 is 18.2. The van der Waals surface area contributed by atoms with Gasteiger partial charge in [-0.15, -0.1) is 13.2 Å². The van der Waals surface area contributed by atoms with E-state index in [2.05, 4.69) is 23.4 Å². The Kier molecular flexibility index (Phi) is 12.1. The summed E-state index contributed by atoms with van der Waals surface area (Å²) >= 11 is 0. The molecule has 4 heterocycles. The lowest BCUT2D eigenvalue weighted by molar-refractivity contribution is -0.161. The van der Waals surface area contributed by atoms with E-state index >= 15 is 0 Å². The third kappa shape index (κ3) is 7.22. The standard InChI is InChI=1S/C36H50N4O8/c1-4-7-13-29(42)37-23-28(25-11-9-8-10-12-25)47-35(45)30-27-14-15-36(48-27)31(30)33(43)40(26(6-3)24-41)32(36)34(44)39(16-5-2)18-17-38-19-21-46-22-20-38/h4-5,8-12,26-28,30-32,41H,1-2,6-7,13-24H2,3H3,(H,37,42)/t26-,27+,28+,30-,31-,32+,36-/m0/s1. The molecular weight excluding hydrogens is 616 g/mol. The zero-order chi connectivity index (χ0) is 34.3. The summed E-state index contributed by atoms with van der Waals surface area (Å²) in [6.07, 6.45) is 4.07. The van der Waals surface area contributed by atoms with Crippen LogP contribution in [0.1, 0.15) is 50.7 Å². The first-order valence-corrected chi connectivity index (χ1v) is 17.2. The van der Waals surface area contributed by atoms with E-state index in [1.165, 1.54) is 4.90 Å². The zero-order valence-electron chi connectivity index (χ0n) is 28.0. The van der Waals surface area contributed by atoms with Crippen molar-refractivity contribution in [3.8, 4) is 0 Å². The molecule has 48 heavy (non-hydrogen) atoms. The van der Waals surface area contributed by atoms with Gasteiger partial charge in [0.2, 0.25) is 17.7 Å². The first-order chi connectivity index (χ1) is 23.3. The highest BCUT2D eigenvalue weighted by Gasteiger charge is 2.75. The van der Waals surface area contributed by atoms with Gasteiger partial charge in [-0.1, -0.05) is 49.4 Å². The number of hydrogen-bond acceptors (Lipinski definition) is 9. The summed E-state index contributed by atoms with van der Waals surface area (Å²) in [7, 11) is 0. The number of aliphatic hydroxyl groups is 1. The van der Waals surface area contributed by atoms with Crippen molar-refractivity contribution >= 4 is 23.7 Å². The van der Waals surface area contributed by atoms with Gasteiger partial charge in [-0.2, -0.15) is 0 Å². The molecular formula is C36H50N4O8. The number of morpholine rings is 1. The van der Waals surface area contributed by atoms with Crippen molar-refractivity contribution < 1.29 is 38.5 Å². The fraction of sp³-hybridized carbons (Fsp3) is 0.611. The van der Waals surface area contributed by atoms with Crippen molar-refractivity contribution in [3.63, 3.8) is 0 Å². The summed E-state index contributed by atoms with van der Waals surface area (Å²) in [6.45, 7) is 13.3. The number of rotatable bonds is 17. The third-order valence-corrected chi connectivity index (χ3v) is 10.3. The Bertz CT molecular complexity index is 1320. The number of allylic oxidation sites excluding steroid dienone is 1. The molecule has 1 aromatic carbocycles. The van der Waals surface area contributed by atoms with E-state index in [1.807, 2.05) is 37.3 Å². The van der Waals surface area contributed by atoms with Crippen molar-refractivity contribution in [1.82, 2.24) is 20.0 Å². The van der Waals surface area contributed by atoms with Crippen LogP contribution in [0.4, 0.5) is 0 Å². The molecule has 2 N–H and O–H groups in total. The number of carbonyl (C=O) groups excluding carboxylic acids is 4. The van der Waals surface area contributed by atoms with Gasteiger partial charge >= 0.3 is 5.97 Å². The van der Waals surface area contributed by atoms with E-state index in [1.54, 1.807) is 17.1 Å². The first-order valence-electron chi connectivity index (χ1n) is 17.2. The summed E-state index contributed by atoms with van der Waals surface area (Å²) in [5.74, 6) is -3.32. The van der Waals surface area contributed by atoms with Crippen molar-refractivity contribution in [2.45, 2.75) is 68.9 Å². The number of aliphatic hydroxyl groups excluding tert-OH is 1. The molecule has 1 aromatic rings. The Balaban J connectivity index is 1.41. The molecule has 3 amide bonds. The number of fused-ring (bicyclic) bond motifs is 1. The van der Waals surface area contributed by atoms with Gasteiger partial charge in [0.25, 0.3) is 0 Å². The van der Waals surface area contributed by atoms with E-state index in [9.17, 15) is 24.3 Å². The normalized spacial score (nSPS) is 27.6. The van der Waals surface area contributed by atoms with Gasteiger partial charge in [0.1, 0.15) is 17.7 Å². The van der Waals surface area contributed by atoms with Crippen molar-refractivity contribution in [2.24, 2.45) is 11.8 Å². The summed E-state index contributed by atoms with van der Waals surface area (Å²) in [6, 6.07) is 7.52. The van der Waals surface area contributed by atoms with Gasteiger partial charge in [0.05, 0.1) is 50.3 Å². The number of likely N-dealkylation sites (tertiary alicyclic amines) is 1. The predicted molar refractivity (Wildman–Crippen MR) is 177 cm³/mol. The number of nitrogens with one attached hydrogen (secondary N) is 1. The molecule has 12 nitrogen and oxygen atoms in total. The smallest absolute Gasteiger partial charge is 0.313 e. The number of esters is 1.